The number of carbonyl (C=O) groups is 2. The highest BCUT2D eigenvalue weighted by Gasteiger charge is 2.34. The molecule has 1 saturated heterocycles. The number of piperazine rings is 1. The Bertz CT molecular complexity index is 1580. The number of fused-ring (bicyclic) bond motifs is 1. The molecule has 4 aromatic rings. The fourth-order valence-corrected chi connectivity index (χ4v) is 5.65. The molecule has 2 aromatic heterocycles. The molecular weight excluding hydrogens is 553 g/mol. The number of amides is 2. The predicted octanol–water partition coefficient (Wildman–Crippen LogP) is 5.73. The number of nitrogens with one attached hydrogen (secondary N) is 2. The van der Waals surface area contributed by atoms with E-state index in [9.17, 15) is 22.8 Å². The van der Waals surface area contributed by atoms with Gasteiger partial charge in [-0.3, -0.25) is 14.5 Å². The Hall–Kier alpha value is -3.87. The predicted molar refractivity (Wildman–Crippen MR) is 154 cm³/mol. The van der Waals surface area contributed by atoms with Crippen LogP contribution < -0.4 is 10.6 Å². The second-order valence-corrected chi connectivity index (χ2v) is 10.8. The van der Waals surface area contributed by atoms with E-state index in [1.165, 1.54) is 30.4 Å². The van der Waals surface area contributed by atoms with Crippen LogP contribution in [0, 0.1) is 0 Å². The summed E-state index contributed by atoms with van der Waals surface area (Å²) in [6, 6.07) is 14.2. The molecule has 1 aliphatic rings. The summed E-state index contributed by atoms with van der Waals surface area (Å²) in [6.45, 7) is 7.68. The van der Waals surface area contributed by atoms with E-state index in [1.807, 2.05) is 4.90 Å². The molecule has 214 valence electrons. The molecule has 0 aliphatic carbocycles. The van der Waals surface area contributed by atoms with Crippen LogP contribution in [0.3, 0.4) is 0 Å². The summed E-state index contributed by atoms with van der Waals surface area (Å²) >= 11 is 1.23. The number of likely N-dealkylation sites (N-methyl/N-ethyl adjacent to an activating group) is 1. The zero-order chi connectivity index (χ0) is 29.1. The molecule has 1 fully saturated rings. The molecule has 5 rings (SSSR count). The van der Waals surface area contributed by atoms with Crippen LogP contribution in [-0.4, -0.2) is 64.3 Å². The van der Waals surface area contributed by atoms with Gasteiger partial charge in [0.25, 0.3) is 5.91 Å². The van der Waals surface area contributed by atoms with Crippen molar-refractivity contribution in [1.29, 1.82) is 0 Å². The van der Waals surface area contributed by atoms with Crippen LogP contribution in [0.5, 0.6) is 0 Å². The molecule has 0 radical (unpaired) electrons. The Kier molecular flexibility index (Phi) is 8.34. The maximum atomic E-state index is 14.0. The van der Waals surface area contributed by atoms with Gasteiger partial charge in [-0.05, 0) is 48.5 Å². The van der Waals surface area contributed by atoms with E-state index in [0.717, 1.165) is 25.7 Å². The maximum Gasteiger partial charge on any atom is 0.416 e. The third-order valence-electron chi connectivity index (χ3n) is 6.94. The molecule has 0 spiro atoms. The summed E-state index contributed by atoms with van der Waals surface area (Å²) in [5.74, 6) is -0.763. The lowest BCUT2D eigenvalue weighted by atomic mass is 10.0. The summed E-state index contributed by atoms with van der Waals surface area (Å²) in [6.07, 6.45) is -4.55. The number of carbonyl (C=O) groups excluding carboxylic acids is 2. The normalized spacial score (nSPS) is 14.8. The monoisotopic (exact) mass is 582 g/mol. The zero-order valence-corrected chi connectivity index (χ0v) is 23.4. The van der Waals surface area contributed by atoms with Crippen molar-refractivity contribution < 1.29 is 22.8 Å². The van der Waals surface area contributed by atoms with Gasteiger partial charge in [0.15, 0.2) is 5.13 Å². The number of hydrogen-bond acceptors (Lipinski definition) is 7. The van der Waals surface area contributed by atoms with Gasteiger partial charge in [-0.1, -0.05) is 36.5 Å². The summed E-state index contributed by atoms with van der Waals surface area (Å²) in [4.78, 5) is 38.2. The molecule has 8 nitrogen and oxygen atoms in total. The first-order valence-corrected chi connectivity index (χ1v) is 14.0. The third kappa shape index (κ3) is 6.89. The van der Waals surface area contributed by atoms with Crippen molar-refractivity contribution in [2.24, 2.45) is 0 Å². The summed E-state index contributed by atoms with van der Waals surface area (Å²) in [5, 5.41) is 5.70. The molecule has 12 heteroatoms. The second-order valence-electron chi connectivity index (χ2n) is 9.84. The van der Waals surface area contributed by atoms with Crippen LogP contribution in [0.1, 0.15) is 35.3 Å². The molecule has 0 saturated carbocycles. The molecular formula is C29H29F3N6O2S. The number of hydrogen-bond donors (Lipinski definition) is 2. The van der Waals surface area contributed by atoms with Gasteiger partial charge >= 0.3 is 6.18 Å². The van der Waals surface area contributed by atoms with E-state index >= 15 is 0 Å². The molecule has 0 bridgehead atoms. The van der Waals surface area contributed by atoms with Crippen molar-refractivity contribution in [3.05, 3.63) is 71.3 Å². The van der Waals surface area contributed by atoms with E-state index in [4.69, 9.17) is 0 Å². The fourth-order valence-electron chi connectivity index (χ4n) is 4.77. The van der Waals surface area contributed by atoms with E-state index in [1.54, 1.807) is 36.4 Å². The lowest BCUT2D eigenvalue weighted by Gasteiger charge is -2.34. The van der Waals surface area contributed by atoms with E-state index in [2.05, 4.69) is 32.4 Å². The van der Waals surface area contributed by atoms with Crippen molar-refractivity contribution in [3.8, 4) is 11.3 Å². The summed E-state index contributed by atoms with van der Waals surface area (Å²) in [7, 11) is 0. The first-order valence-electron chi connectivity index (χ1n) is 13.2. The minimum absolute atomic E-state index is 0.0713. The number of halogens is 3. The molecule has 0 atom stereocenters. The van der Waals surface area contributed by atoms with Crippen LogP contribution in [0.25, 0.3) is 21.6 Å². The molecule has 0 unspecified atom stereocenters. The number of pyridine rings is 1. The minimum Gasteiger partial charge on any atom is -0.322 e. The minimum atomic E-state index is -4.55. The lowest BCUT2D eigenvalue weighted by molar-refractivity contribution is -0.138. The van der Waals surface area contributed by atoms with Crippen LogP contribution in [0.4, 0.5) is 24.0 Å². The average Bonchev–Trinajstić information content (AvgIpc) is 3.34. The van der Waals surface area contributed by atoms with Gasteiger partial charge in [0.05, 0.1) is 11.3 Å². The molecule has 3 heterocycles. The van der Waals surface area contributed by atoms with Gasteiger partial charge in [-0.25, -0.2) is 9.97 Å². The van der Waals surface area contributed by atoms with E-state index in [-0.39, 0.29) is 29.3 Å². The van der Waals surface area contributed by atoms with Gasteiger partial charge in [-0.15, -0.1) is 0 Å². The zero-order valence-electron chi connectivity index (χ0n) is 22.6. The van der Waals surface area contributed by atoms with Gasteiger partial charge in [0.1, 0.15) is 10.3 Å². The van der Waals surface area contributed by atoms with Crippen molar-refractivity contribution in [3.63, 3.8) is 0 Å². The first kappa shape index (κ1) is 28.7. The number of nitrogens with zero attached hydrogens (tertiary/aromatic N) is 4. The molecule has 2 amide bonds. The number of anilines is 2. The number of alkyl halides is 3. The Labute approximate surface area is 239 Å². The van der Waals surface area contributed by atoms with Crippen molar-refractivity contribution in [2.45, 2.75) is 26.6 Å². The van der Waals surface area contributed by atoms with Crippen molar-refractivity contribution >= 4 is 44.3 Å². The molecule has 1 aliphatic heterocycles. The highest BCUT2D eigenvalue weighted by molar-refractivity contribution is 7.22. The molecule has 2 N–H and O–H groups in total. The number of benzene rings is 2. The Balaban J connectivity index is 1.33. The lowest BCUT2D eigenvalue weighted by Crippen LogP contribution is -2.45. The Morgan fingerprint density at radius 1 is 0.951 bits per heavy atom. The second kappa shape index (κ2) is 11.9. The summed E-state index contributed by atoms with van der Waals surface area (Å²) in [5.41, 5.74) is 1.66. The Morgan fingerprint density at radius 3 is 2.41 bits per heavy atom. The highest BCUT2D eigenvalue weighted by atomic mass is 32.1. The molecule has 41 heavy (non-hydrogen) atoms. The largest absolute Gasteiger partial charge is 0.416 e. The third-order valence-corrected chi connectivity index (χ3v) is 7.82. The van der Waals surface area contributed by atoms with Crippen LogP contribution in [0.15, 0.2) is 54.6 Å². The van der Waals surface area contributed by atoms with Crippen LogP contribution in [0.2, 0.25) is 0 Å². The van der Waals surface area contributed by atoms with E-state index in [0.29, 0.717) is 39.8 Å². The number of aromatic nitrogens is 2. The average molecular weight is 583 g/mol. The topological polar surface area (TPSA) is 90.5 Å². The standard InChI is InChI=1S/C29H29F3N6O2S/c1-3-37-11-13-38(14-12-37)17-21-7-8-22(16-23(21)29(30,31)32)34-26(40)20-6-4-5-19(15-20)24-9-10-25-27(35-24)41-28(36-25)33-18(2)39/h4-10,15-16H,3,11-14,17H2,1-2H3,(H,34,40)(H,33,36,39). The summed E-state index contributed by atoms with van der Waals surface area (Å²) < 4.78 is 42.0. The van der Waals surface area contributed by atoms with Gasteiger partial charge in [0, 0.05) is 56.5 Å². The van der Waals surface area contributed by atoms with Crippen LogP contribution in [-0.2, 0) is 17.5 Å². The van der Waals surface area contributed by atoms with Crippen LogP contribution >= 0.6 is 11.3 Å². The SMILES string of the molecule is CCN1CCN(Cc2ccc(NC(=O)c3cccc(-c4ccc5nc(NC(C)=O)sc5n4)c3)cc2C(F)(F)F)CC1. The maximum absolute atomic E-state index is 14.0. The molecule has 2 aromatic carbocycles. The Morgan fingerprint density at radius 2 is 1.71 bits per heavy atom. The highest BCUT2D eigenvalue weighted by Crippen LogP contribution is 2.35. The fraction of sp³-hybridized carbons (Fsp3) is 0.310. The quantitative estimate of drug-likeness (QED) is 0.290. The van der Waals surface area contributed by atoms with Gasteiger partial charge in [0.2, 0.25) is 5.91 Å². The van der Waals surface area contributed by atoms with E-state index < -0.39 is 17.6 Å². The van der Waals surface area contributed by atoms with Crippen molar-refractivity contribution in [1.82, 2.24) is 19.8 Å². The van der Waals surface area contributed by atoms with Gasteiger partial charge < -0.3 is 15.5 Å². The van der Waals surface area contributed by atoms with Gasteiger partial charge in [-0.2, -0.15) is 13.2 Å². The van der Waals surface area contributed by atoms with Crippen molar-refractivity contribution in [2.75, 3.05) is 43.4 Å². The first-order chi connectivity index (χ1) is 19.6. The number of thiazole rings is 1. The smallest absolute Gasteiger partial charge is 0.322 e. The number of rotatable bonds is 7.